The lowest BCUT2D eigenvalue weighted by Gasteiger charge is -2.34. The van der Waals surface area contributed by atoms with Gasteiger partial charge in [-0.25, -0.2) is 0 Å². The molecule has 0 saturated heterocycles. The van der Waals surface area contributed by atoms with Gasteiger partial charge < -0.3 is 5.73 Å². The van der Waals surface area contributed by atoms with Gasteiger partial charge in [0.1, 0.15) is 0 Å². The third kappa shape index (κ3) is 2.76. The minimum atomic E-state index is 0.175. The van der Waals surface area contributed by atoms with Crippen LogP contribution in [0.5, 0.6) is 0 Å². The predicted octanol–water partition coefficient (Wildman–Crippen LogP) is 1.46. The second-order valence-corrected chi connectivity index (χ2v) is 4.67. The third-order valence-electron chi connectivity index (χ3n) is 3.10. The standard InChI is InChI=1S/C10H22N2/c1-10(2,8-11)12(3)7-6-9-4-5-9/h9H,4-8,11H2,1-3H3. The minimum Gasteiger partial charge on any atom is -0.329 e. The fraction of sp³-hybridized carbons (Fsp3) is 1.00. The van der Waals surface area contributed by atoms with Gasteiger partial charge in [0.15, 0.2) is 0 Å². The molecular formula is C10H22N2. The molecule has 0 aromatic heterocycles. The first kappa shape index (κ1) is 10.0. The molecule has 1 aliphatic carbocycles. The molecule has 0 spiro atoms. The van der Waals surface area contributed by atoms with Crippen molar-refractivity contribution in [1.29, 1.82) is 0 Å². The Labute approximate surface area is 76.1 Å². The van der Waals surface area contributed by atoms with Gasteiger partial charge in [-0.15, -0.1) is 0 Å². The topological polar surface area (TPSA) is 29.3 Å². The molecule has 0 heterocycles. The highest BCUT2D eigenvalue weighted by Gasteiger charge is 2.25. The molecule has 2 N–H and O–H groups in total. The van der Waals surface area contributed by atoms with Crippen molar-refractivity contribution in [3.8, 4) is 0 Å². The molecule has 0 aromatic carbocycles. The molecule has 72 valence electrons. The molecule has 1 saturated carbocycles. The van der Waals surface area contributed by atoms with E-state index < -0.39 is 0 Å². The number of rotatable bonds is 5. The molecule has 1 aliphatic rings. The van der Waals surface area contributed by atoms with Gasteiger partial charge in [0.05, 0.1) is 0 Å². The SMILES string of the molecule is CN(CCC1CC1)C(C)(C)CN. The maximum atomic E-state index is 5.69. The predicted molar refractivity (Wildman–Crippen MR) is 53.1 cm³/mol. The molecule has 12 heavy (non-hydrogen) atoms. The molecular weight excluding hydrogens is 148 g/mol. The summed E-state index contributed by atoms with van der Waals surface area (Å²) in [6.45, 7) is 6.36. The van der Waals surface area contributed by atoms with Crippen molar-refractivity contribution < 1.29 is 0 Å². The molecule has 0 aliphatic heterocycles. The molecule has 2 heteroatoms. The van der Waals surface area contributed by atoms with Crippen molar-refractivity contribution in [3.63, 3.8) is 0 Å². The molecule has 1 fully saturated rings. The van der Waals surface area contributed by atoms with Crippen LogP contribution in [0.25, 0.3) is 0 Å². The lowest BCUT2D eigenvalue weighted by Crippen LogP contribution is -2.47. The van der Waals surface area contributed by atoms with Gasteiger partial charge in [-0.1, -0.05) is 12.8 Å². The Morgan fingerprint density at radius 3 is 2.42 bits per heavy atom. The highest BCUT2D eigenvalue weighted by molar-refractivity contribution is 4.82. The Morgan fingerprint density at radius 2 is 2.00 bits per heavy atom. The first-order chi connectivity index (χ1) is 5.56. The van der Waals surface area contributed by atoms with E-state index in [1.807, 2.05) is 0 Å². The van der Waals surface area contributed by atoms with Crippen LogP contribution in [0.2, 0.25) is 0 Å². The summed E-state index contributed by atoms with van der Waals surface area (Å²) in [4.78, 5) is 2.38. The summed E-state index contributed by atoms with van der Waals surface area (Å²) in [7, 11) is 2.18. The van der Waals surface area contributed by atoms with Crippen LogP contribution in [0.3, 0.4) is 0 Å². The third-order valence-corrected chi connectivity index (χ3v) is 3.10. The van der Waals surface area contributed by atoms with E-state index in [0.717, 1.165) is 12.5 Å². The average Bonchev–Trinajstić information content (AvgIpc) is 2.83. The monoisotopic (exact) mass is 170 g/mol. The van der Waals surface area contributed by atoms with Gasteiger partial charge in [-0.3, -0.25) is 4.90 Å². The smallest absolute Gasteiger partial charge is 0.0272 e. The van der Waals surface area contributed by atoms with Crippen LogP contribution in [-0.2, 0) is 0 Å². The van der Waals surface area contributed by atoms with Crippen LogP contribution in [0, 0.1) is 5.92 Å². The minimum absolute atomic E-state index is 0.175. The summed E-state index contributed by atoms with van der Waals surface area (Å²) in [6.07, 6.45) is 4.27. The van der Waals surface area contributed by atoms with Gasteiger partial charge in [0.25, 0.3) is 0 Å². The summed E-state index contributed by atoms with van der Waals surface area (Å²) in [5, 5.41) is 0. The second kappa shape index (κ2) is 3.75. The Balaban J connectivity index is 2.20. The summed E-state index contributed by atoms with van der Waals surface area (Å²) in [5.74, 6) is 1.03. The maximum Gasteiger partial charge on any atom is 0.0272 e. The zero-order valence-corrected chi connectivity index (χ0v) is 8.64. The molecule has 0 bridgehead atoms. The Hall–Kier alpha value is -0.0800. The van der Waals surface area contributed by atoms with E-state index in [4.69, 9.17) is 5.73 Å². The van der Waals surface area contributed by atoms with Crippen molar-refractivity contribution >= 4 is 0 Å². The number of hydrogen-bond acceptors (Lipinski definition) is 2. The zero-order chi connectivity index (χ0) is 9.19. The largest absolute Gasteiger partial charge is 0.329 e. The van der Waals surface area contributed by atoms with Gasteiger partial charge >= 0.3 is 0 Å². The fourth-order valence-electron chi connectivity index (χ4n) is 1.24. The highest BCUT2D eigenvalue weighted by Crippen LogP contribution is 2.32. The number of nitrogens with zero attached hydrogens (tertiary/aromatic N) is 1. The number of hydrogen-bond donors (Lipinski definition) is 1. The first-order valence-electron chi connectivity index (χ1n) is 4.97. The van der Waals surface area contributed by atoms with Crippen molar-refractivity contribution in [2.75, 3.05) is 20.1 Å². The highest BCUT2D eigenvalue weighted by atomic mass is 15.2. The molecule has 2 nitrogen and oxygen atoms in total. The summed E-state index contributed by atoms with van der Waals surface area (Å²) in [5.41, 5.74) is 5.86. The van der Waals surface area contributed by atoms with E-state index in [1.165, 1.54) is 25.8 Å². The summed E-state index contributed by atoms with van der Waals surface area (Å²) < 4.78 is 0. The van der Waals surface area contributed by atoms with E-state index >= 15 is 0 Å². The van der Waals surface area contributed by atoms with Crippen LogP contribution < -0.4 is 5.73 Å². The number of nitrogens with two attached hydrogens (primary N) is 1. The Morgan fingerprint density at radius 1 is 1.42 bits per heavy atom. The van der Waals surface area contributed by atoms with Gasteiger partial charge in [-0.05, 0) is 39.8 Å². The van der Waals surface area contributed by atoms with E-state index in [0.29, 0.717) is 0 Å². The van der Waals surface area contributed by atoms with Crippen LogP contribution in [-0.4, -0.2) is 30.6 Å². The van der Waals surface area contributed by atoms with Crippen molar-refractivity contribution in [2.24, 2.45) is 11.7 Å². The van der Waals surface area contributed by atoms with E-state index in [2.05, 4.69) is 25.8 Å². The molecule has 1 rings (SSSR count). The molecule has 0 atom stereocenters. The van der Waals surface area contributed by atoms with Crippen LogP contribution in [0.1, 0.15) is 33.1 Å². The Bertz CT molecular complexity index is 139. The van der Waals surface area contributed by atoms with Crippen LogP contribution in [0.4, 0.5) is 0 Å². The molecule has 0 amide bonds. The zero-order valence-electron chi connectivity index (χ0n) is 8.64. The molecule has 0 aromatic rings. The van der Waals surface area contributed by atoms with Gasteiger partial charge in [0.2, 0.25) is 0 Å². The first-order valence-corrected chi connectivity index (χ1v) is 4.97. The molecule has 0 unspecified atom stereocenters. The fourth-order valence-corrected chi connectivity index (χ4v) is 1.24. The normalized spacial score (nSPS) is 18.8. The summed E-state index contributed by atoms with van der Waals surface area (Å²) in [6, 6.07) is 0. The average molecular weight is 170 g/mol. The van der Waals surface area contributed by atoms with Gasteiger partial charge in [-0.2, -0.15) is 0 Å². The summed E-state index contributed by atoms with van der Waals surface area (Å²) >= 11 is 0. The van der Waals surface area contributed by atoms with E-state index in [-0.39, 0.29) is 5.54 Å². The van der Waals surface area contributed by atoms with E-state index in [9.17, 15) is 0 Å². The van der Waals surface area contributed by atoms with Gasteiger partial charge in [0, 0.05) is 12.1 Å². The van der Waals surface area contributed by atoms with E-state index in [1.54, 1.807) is 0 Å². The second-order valence-electron chi connectivity index (χ2n) is 4.67. The number of likely N-dealkylation sites (N-methyl/N-ethyl adjacent to an activating group) is 1. The van der Waals surface area contributed by atoms with Crippen molar-refractivity contribution in [2.45, 2.75) is 38.6 Å². The lowest BCUT2D eigenvalue weighted by molar-refractivity contribution is 0.159. The van der Waals surface area contributed by atoms with Crippen molar-refractivity contribution in [3.05, 3.63) is 0 Å². The molecule has 0 radical (unpaired) electrons. The van der Waals surface area contributed by atoms with Crippen LogP contribution >= 0.6 is 0 Å². The van der Waals surface area contributed by atoms with Crippen molar-refractivity contribution in [1.82, 2.24) is 4.90 Å². The lowest BCUT2D eigenvalue weighted by atomic mass is 10.0. The van der Waals surface area contributed by atoms with Crippen LogP contribution in [0.15, 0.2) is 0 Å². The Kier molecular flexibility index (Phi) is 3.13. The maximum absolute atomic E-state index is 5.69. The quantitative estimate of drug-likeness (QED) is 0.677.